The van der Waals surface area contributed by atoms with Gasteiger partial charge in [-0.1, -0.05) is 25.9 Å². The number of carbonyl (C=O) groups is 1. The van der Waals surface area contributed by atoms with Crippen LogP contribution in [0.2, 0.25) is 0 Å². The summed E-state index contributed by atoms with van der Waals surface area (Å²) in [5, 5.41) is 17.1. The zero-order valence-electron chi connectivity index (χ0n) is 13.2. The van der Waals surface area contributed by atoms with E-state index in [-0.39, 0.29) is 17.7 Å². The molecule has 0 spiro atoms. The molecule has 1 aliphatic carbocycles. The van der Waals surface area contributed by atoms with Crippen molar-refractivity contribution in [3.8, 4) is 0 Å². The third-order valence-electron chi connectivity index (χ3n) is 4.59. The van der Waals surface area contributed by atoms with Gasteiger partial charge in [0.1, 0.15) is 6.26 Å². The molecule has 1 saturated carbocycles. The SMILES string of the molecule is CC(C)(C)C1CCC(O)(CNC(=O)Cc2ccon2)CC1. The van der Waals surface area contributed by atoms with Crippen molar-refractivity contribution in [2.75, 3.05) is 6.54 Å². The molecule has 0 unspecified atom stereocenters. The van der Waals surface area contributed by atoms with Gasteiger partial charge in [-0.15, -0.1) is 0 Å². The second kappa shape index (κ2) is 6.18. The summed E-state index contributed by atoms with van der Waals surface area (Å²) in [5.74, 6) is 0.513. The fourth-order valence-electron chi connectivity index (χ4n) is 3.02. The van der Waals surface area contributed by atoms with E-state index in [2.05, 4.69) is 31.2 Å². The van der Waals surface area contributed by atoms with E-state index in [0.29, 0.717) is 18.2 Å². The van der Waals surface area contributed by atoms with Crippen molar-refractivity contribution >= 4 is 5.91 Å². The smallest absolute Gasteiger partial charge is 0.226 e. The molecule has 0 aliphatic heterocycles. The van der Waals surface area contributed by atoms with Crippen LogP contribution in [0.25, 0.3) is 0 Å². The van der Waals surface area contributed by atoms with E-state index in [1.807, 2.05) is 0 Å². The van der Waals surface area contributed by atoms with Crippen LogP contribution in [0, 0.1) is 11.3 Å². The second-order valence-corrected chi connectivity index (χ2v) is 7.31. The Morgan fingerprint density at radius 1 is 1.48 bits per heavy atom. The molecule has 2 N–H and O–H groups in total. The molecular weight excluding hydrogens is 268 g/mol. The summed E-state index contributed by atoms with van der Waals surface area (Å²) in [7, 11) is 0. The molecule has 0 saturated heterocycles. The van der Waals surface area contributed by atoms with E-state index < -0.39 is 5.60 Å². The highest BCUT2D eigenvalue weighted by Crippen LogP contribution is 2.41. The first-order valence-electron chi connectivity index (χ1n) is 7.67. The minimum absolute atomic E-state index is 0.129. The van der Waals surface area contributed by atoms with Crippen LogP contribution in [-0.4, -0.2) is 28.3 Å². The molecule has 2 rings (SSSR count). The Labute approximate surface area is 126 Å². The monoisotopic (exact) mass is 294 g/mol. The van der Waals surface area contributed by atoms with E-state index in [9.17, 15) is 9.90 Å². The Bertz CT molecular complexity index is 454. The Morgan fingerprint density at radius 2 is 2.14 bits per heavy atom. The molecule has 1 aromatic rings. The summed E-state index contributed by atoms with van der Waals surface area (Å²) < 4.78 is 4.69. The standard InChI is InChI=1S/C16H26N2O3/c1-15(2,3)12-4-7-16(20,8-5-12)11-17-14(19)10-13-6-9-21-18-13/h6,9,12,20H,4-5,7-8,10-11H2,1-3H3,(H,17,19). The summed E-state index contributed by atoms with van der Waals surface area (Å²) in [4.78, 5) is 11.8. The molecule has 5 heteroatoms. The van der Waals surface area contributed by atoms with Crippen molar-refractivity contribution in [2.24, 2.45) is 11.3 Å². The lowest BCUT2D eigenvalue weighted by Gasteiger charge is -2.41. The number of aromatic nitrogens is 1. The molecule has 0 radical (unpaired) electrons. The van der Waals surface area contributed by atoms with E-state index in [1.165, 1.54) is 6.26 Å². The van der Waals surface area contributed by atoms with E-state index in [1.54, 1.807) is 6.07 Å². The minimum Gasteiger partial charge on any atom is -0.388 e. The van der Waals surface area contributed by atoms with Crippen molar-refractivity contribution in [3.05, 3.63) is 18.0 Å². The van der Waals surface area contributed by atoms with Gasteiger partial charge in [0, 0.05) is 12.6 Å². The molecular formula is C16H26N2O3. The van der Waals surface area contributed by atoms with Crippen molar-refractivity contribution in [2.45, 2.75) is 58.5 Å². The quantitative estimate of drug-likeness (QED) is 0.893. The molecule has 1 aromatic heterocycles. The maximum Gasteiger partial charge on any atom is 0.226 e. The molecule has 0 aromatic carbocycles. The molecule has 1 heterocycles. The largest absolute Gasteiger partial charge is 0.388 e. The fourth-order valence-corrected chi connectivity index (χ4v) is 3.02. The van der Waals surface area contributed by atoms with E-state index in [0.717, 1.165) is 25.7 Å². The molecule has 1 amide bonds. The lowest BCUT2D eigenvalue weighted by atomic mass is 9.68. The topological polar surface area (TPSA) is 75.4 Å². The number of nitrogens with one attached hydrogen (secondary N) is 1. The first-order chi connectivity index (χ1) is 9.78. The Morgan fingerprint density at radius 3 is 2.67 bits per heavy atom. The van der Waals surface area contributed by atoms with Gasteiger partial charge in [-0.25, -0.2) is 0 Å². The van der Waals surface area contributed by atoms with E-state index in [4.69, 9.17) is 4.52 Å². The van der Waals surface area contributed by atoms with Crippen LogP contribution in [0.1, 0.15) is 52.1 Å². The number of aliphatic hydroxyl groups is 1. The third kappa shape index (κ3) is 4.56. The lowest BCUT2D eigenvalue weighted by Crippen LogP contribution is -2.46. The Kier molecular flexibility index (Phi) is 4.71. The van der Waals surface area contributed by atoms with Crippen molar-refractivity contribution in [1.29, 1.82) is 0 Å². The molecule has 0 atom stereocenters. The van der Waals surface area contributed by atoms with Crippen molar-refractivity contribution in [1.82, 2.24) is 10.5 Å². The van der Waals surface area contributed by atoms with Gasteiger partial charge in [-0.2, -0.15) is 0 Å². The van der Waals surface area contributed by atoms with Crippen LogP contribution in [0.4, 0.5) is 0 Å². The van der Waals surface area contributed by atoms with Gasteiger partial charge in [-0.3, -0.25) is 4.79 Å². The first-order valence-corrected chi connectivity index (χ1v) is 7.67. The molecule has 0 bridgehead atoms. The number of rotatable bonds is 4. The van der Waals surface area contributed by atoms with Crippen LogP contribution >= 0.6 is 0 Å². The van der Waals surface area contributed by atoms with Gasteiger partial charge in [0.15, 0.2) is 0 Å². The van der Waals surface area contributed by atoms with Gasteiger partial charge in [0.25, 0.3) is 0 Å². The number of amides is 1. The molecule has 21 heavy (non-hydrogen) atoms. The van der Waals surface area contributed by atoms with Crippen LogP contribution in [0.15, 0.2) is 16.9 Å². The fraction of sp³-hybridized carbons (Fsp3) is 0.750. The van der Waals surface area contributed by atoms with Gasteiger partial charge >= 0.3 is 0 Å². The number of carbonyl (C=O) groups excluding carboxylic acids is 1. The normalized spacial score (nSPS) is 26.6. The van der Waals surface area contributed by atoms with Gasteiger partial charge in [-0.05, 0) is 37.0 Å². The zero-order chi connectivity index (χ0) is 15.5. The summed E-state index contributed by atoms with van der Waals surface area (Å²) in [5.41, 5.74) is 0.134. The molecule has 1 fully saturated rings. The highest BCUT2D eigenvalue weighted by atomic mass is 16.5. The van der Waals surface area contributed by atoms with Crippen LogP contribution in [-0.2, 0) is 11.2 Å². The van der Waals surface area contributed by atoms with Crippen LogP contribution < -0.4 is 5.32 Å². The Hall–Kier alpha value is -1.36. The van der Waals surface area contributed by atoms with Crippen LogP contribution in [0.5, 0.6) is 0 Å². The zero-order valence-corrected chi connectivity index (χ0v) is 13.2. The summed E-state index contributed by atoms with van der Waals surface area (Å²) >= 11 is 0. The number of nitrogens with zero attached hydrogens (tertiary/aromatic N) is 1. The molecule has 5 nitrogen and oxygen atoms in total. The average molecular weight is 294 g/mol. The third-order valence-corrected chi connectivity index (χ3v) is 4.59. The predicted molar refractivity (Wildman–Crippen MR) is 79.6 cm³/mol. The van der Waals surface area contributed by atoms with Crippen molar-refractivity contribution < 1.29 is 14.4 Å². The Balaban J connectivity index is 1.77. The highest BCUT2D eigenvalue weighted by Gasteiger charge is 2.37. The predicted octanol–water partition coefficient (Wildman–Crippen LogP) is 2.30. The maximum atomic E-state index is 11.8. The summed E-state index contributed by atoms with van der Waals surface area (Å²) in [6.07, 6.45) is 5.16. The van der Waals surface area contributed by atoms with Gasteiger partial charge in [0.2, 0.25) is 5.91 Å². The van der Waals surface area contributed by atoms with Gasteiger partial charge in [0.05, 0.1) is 17.7 Å². The van der Waals surface area contributed by atoms with Gasteiger partial charge < -0.3 is 14.9 Å². The highest BCUT2D eigenvalue weighted by molar-refractivity contribution is 5.78. The second-order valence-electron chi connectivity index (χ2n) is 7.31. The lowest BCUT2D eigenvalue weighted by molar-refractivity contribution is -0.122. The summed E-state index contributed by atoms with van der Waals surface area (Å²) in [6, 6.07) is 1.67. The molecule has 1 aliphatic rings. The maximum absolute atomic E-state index is 11.8. The van der Waals surface area contributed by atoms with Crippen molar-refractivity contribution in [3.63, 3.8) is 0 Å². The number of hydrogen-bond acceptors (Lipinski definition) is 4. The minimum atomic E-state index is -0.763. The molecule has 118 valence electrons. The van der Waals surface area contributed by atoms with Crippen LogP contribution in [0.3, 0.4) is 0 Å². The first kappa shape index (κ1) is 16.0. The summed E-state index contributed by atoms with van der Waals surface area (Å²) in [6.45, 7) is 7.08. The average Bonchev–Trinajstić information content (AvgIpc) is 2.89. The number of hydrogen-bond donors (Lipinski definition) is 2. The van der Waals surface area contributed by atoms with E-state index >= 15 is 0 Å².